The van der Waals surface area contributed by atoms with Gasteiger partial charge in [-0.05, 0) is 28.1 Å². The molecule has 2 aromatic heterocycles. The summed E-state index contributed by atoms with van der Waals surface area (Å²) in [4.78, 5) is 42.1. The number of halogens is 3. The topological polar surface area (TPSA) is 137 Å². The molecule has 0 saturated carbocycles. The Morgan fingerprint density at radius 3 is 2.27 bits per heavy atom. The summed E-state index contributed by atoms with van der Waals surface area (Å²) in [5.41, 5.74) is -0.329. The molecule has 0 spiro atoms. The van der Waals surface area contributed by atoms with E-state index in [1.807, 2.05) is 41.5 Å². The third-order valence-electron chi connectivity index (χ3n) is 3.99. The van der Waals surface area contributed by atoms with Crippen LogP contribution >= 0.6 is 15.9 Å². The van der Waals surface area contributed by atoms with Crippen molar-refractivity contribution in [2.24, 2.45) is 0 Å². The van der Waals surface area contributed by atoms with Crippen LogP contribution in [-0.4, -0.2) is 52.6 Å². The van der Waals surface area contributed by atoms with Gasteiger partial charge in [0.25, 0.3) is 5.56 Å². The van der Waals surface area contributed by atoms with Crippen molar-refractivity contribution in [3.8, 4) is 5.75 Å². The van der Waals surface area contributed by atoms with Gasteiger partial charge in [0.05, 0.1) is 26.3 Å². The first-order chi connectivity index (χ1) is 17.7. The van der Waals surface area contributed by atoms with Crippen molar-refractivity contribution < 1.29 is 32.6 Å². The van der Waals surface area contributed by atoms with Crippen molar-refractivity contribution in [1.29, 1.82) is 0 Å². The first-order valence-electron chi connectivity index (χ1n) is 11.4. The van der Waals surface area contributed by atoms with Gasteiger partial charge in [0.15, 0.2) is 10.1 Å². The van der Waals surface area contributed by atoms with Gasteiger partial charge in [0.1, 0.15) is 11.3 Å². The number of esters is 1. The van der Waals surface area contributed by atoms with Crippen molar-refractivity contribution in [3.05, 3.63) is 44.3 Å². The zero-order valence-electron chi connectivity index (χ0n) is 21.9. The molecule has 0 saturated heterocycles. The molecular weight excluding hydrogens is 560 g/mol. The van der Waals surface area contributed by atoms with Crippen molar-refractivity contribution >= 4 is 45.0 Å². The van der Waals surface area contributed by atoms with E-state index in [2.05, 4.69) is 50.5 Å². The van der Waals surface area contributed by atoms with E-state index in [0.717, 1.165) is 20.3 Å². The SMILES string of the molecule is CC.CC.CC.COC(=O)Nc1nc2c(Br)nn(Cc3ccc(C(=O)OC)cc3OC(F)F)c2c(=O)[nH]1. The van der Waals surface area contributed by atoms with Crippen LogP contribution in [0.25, 0.3) is 11.0 Å². The molecule has 37 heavy (non-hydrogen) atoms. The third-order valence-corrected chi connectivity index (χ3v) is 4.52. The molecule has 3 aromatic rings. The quantitative estimate of drug-likeness (QED) is 0.354. The molecule has 0 bridgehead atoms. The van der Waals surface area contributed by atoms with Gasteiger partial charge in [0, 0.05) is 5.56 Å². The molecule has 0 radical (unpaired) electrons. The largest absolute Gasteiger partial charge is 0.465 e. The summed E-state index contributed by atoms with van der Waals surface area (Å²) in [6, 6.07) is 3.84. The average molecular weight is 592 g/mol. The lowest BCUT2D eigenvalue weighted by Gasteiger charge is -2.12. The number of hydrogen-bond donors (Lipinski definition) is 2. The highest BCUT2D eigenvalue weighted by Gasteiger charge is 2.20. The van der Waals surface area contributed by atoms with E-state index < -0.39 is 24.2 Å². The lowest BCUT2D eigenvalue weighted by Crippen LogP contribution is -2.20. The molecule has 0 aliphatic rings. The van der Waals surface area contributed by atoms with Gasteiger partial charge >= 0.3 is 18.7 Å². The third kappa shape index (κ3) is 9.12. The maximum absolute atomic E-state index is 12.9. The van der Waals surface area contributed by atoms with Crippen LogP contribution < -0.4 is 15.6 Å². The highest BCUT2D eigenvalue weighted by atomic mass is 79.9. The molecule has 11 nitrogen and oxygen atoms in total. The van der Waals surface area contributed by atoms with Gasteiger partial charge < -0.3 is 14.2 Å². The number of fused-ring (bicyclic) bond motifs is 1. The van der Waals surface area contributed by atoms with Crippen molar-refractivity contribution in [3.63, 3.8) is 0 Å². The summed E-state index contributed by atoms with van der Waals surface area (Å²) in [5, 5.41) is 6.38. The number of methoxy groups -OCH3 is 2. The number of aromatic nitrogens is 4. The lowest BCUT2D eigenvalue weighted by molar-refractivity contribution is -0.0505. The summed E-state index contributed by atoms with van der Waals surface area (Å²) in [5.74, 6) is -1.19. The number of carbonyl (C=O) groups excluding carboxylic acids is 2. The van der Waals surface area contributed by atoms with Crippen molar-refractivity contribution in [1.82, 2.24) is 19.7 Å². The molecule has 0 aliphatic heterocycles. The van der Waals surface area contributed by atoms with Crippen LogP contribution in [0.5, 0.6) is 5.75 Å². The average Bonchev–Trinajstić information content (AvgIpc) is 3.22. The van der Waals surface area contributed by atoms with Crippen LogP contribution in [0.15, 0.2) is 27.6 Å². The molecule has 1 aromatic carbocycles. The zero-order chi connectivity index (χ0) is 28.7. The zero-order valence-corrected chi connectivity index (χ0v) is 23.5. The summed E-state index contributed by atoms with van der Waals surface area (Å²) in [6.07, 6.45) is -0.842. The van der Waals surface area contributed by atoms with Crippen LogP contribution in [0.2, 0.25) is 0 Å². The van der Waals surface area contributed by atoms with E-state index in [9.17, 15) is 23.2 Å². The minimum Gasteiger partial charge on any atom is -0.465 e. The molecule has 0 unspecified atom stereocenters. The molecule has 3 rings (SSSR count). The highest BCUT2D eigenvalue weighted by Crippen LogP contribution is 2.26. The Labute approximate surface area is 221 Å². The van der Waals surface area contributed by atoms with Crippen LogP contribution in [-0.2, 0) is 16.0 Å². The predicted molar refractivity (Wildman–Crippen MR) is 139 cm³/mol. The van der Waals surface area contributed by atoms with Crippen LogP contribution in [0.1, 0.15) is 57.5 Å². The molecule has 0 aliphatic carbocycles. The first-order valence-corrected chi connectivity index (χ1v) is 12.2. The first kappa shape index (κ1) is 33.4. The normalized spacial score (nSPS) is 9.62. The van der Waals surface area contributed by atoms with Gasteiger partial charge in [-0.15, -0.1) is 0 Å². The minimum atomic E-state index is -3.15. The number of alkyl halides is 2. The molecule has 1 amide bonds. The lowest BCUT2D eigenvalue weighted by atomic mass is 10.1. The Balaban J connectivity index is 0.00000201. The summed E-state index contributed by atoms with van der Waals surface area (Å²) < 4.78 is 40.7. The number of carbonyl (C=O) groups is 2. The van der Waals surface area contributed by atoms with Crippen molar-refractivity contribution in [2.45, 2.75) is 54.7 Å². The van der Waals surface area contributed by atoms with Crippen LogP contribution in [0, 0.1) is 0 Å². The number of hydrogen-bond acceptors (Lipinski definition) is 8. The van der Waals surface area contributed by atoms with Crippen LogP contribution in [0.3, 0.4) is 0 Å². The van der Waals surface area contributed by atoms with Gasteiger partial charge in [-0.1, -0.05) is 47.6 Å². The fourth-order valence-electron chi connectivity index (χ4n) is 2.67. The molecular formula is C23H32BrF2N5O6. The molecule has 0 atom stereocenters. The van der Waals surface area contributed by atoms with Crippen molar-refractivity contribution in [2.75, 3.05) is 19.5 Å². The molecule has 2 N–H and O–H groups in total. The number of aromatic amines is 1. The number of rotatable bonds is 6. The fraction of sp³-hybridized carbons (Fsp3) is 0.435. The van der Waals surface area contributed by atoms with E-state index >= 15 is 0 Å². The molecule has 206 valence electrons. The number of nitrogens with one attached hydrogen (secondary N) is 2. The number of anilines is 1. The monoisotopic (exact) mass is 591 g/mol. The second-order valence-electron chi connectivity index (χ2n) is 5.87. The van der Waals surface area contributed by atoms with Gasteiger partial charge in [-0.2, -0.15) is 13.9 Å². The Hall–Kier alpha value is -3.55. The Kier molecular flexibility index (Phi) is 15.4. The number of H-pyrrole nitrogens is 1. The number of amides is 1. The summed E-state index contributed by atoms with van der Waals surface area (Å²) >= 11 is 3.18. The smallest absolute Gasteiger partial charge is 0.413 e. The van der Waals surface area contributed by atoms with E-state index in [1.165, 1.54) is 16.8 Å². The molecule has 2 heterocycles. The van der Waals surface area contributed by atoms with E-state index in [1.54, 1.807) is 0 Å². The van der Waals surface area contributed by atoms with Gasteiger partial charge in [0.2, 0.25) is 5.95 Å². The van der Waals surface area contributed by atoms with E-state index in [4.69, 9.17) is 0 Å². The number of benzene rings is 1. The van der Waals surface area contributed by atoms with Crippen LogP contribution in [0.4, 0.5) is 19.5 Å². The Bertz CT molecular complexity index is 1220. The van der Waals surface area contributed by atoms with Gasteiger partial charge in [-0.3, -0.25) is 19.8 Å². The summed E-state index contributed by atoms with van der Waals surface area (Å²) in [7, 11) is 2.30. The number of nitrogens with zero attached hydrogens (tertiary/aromatic N) is 3. The number of ether oxygens (including phenoxy) is 3. The Morgan fingerprint density at radius 1 is 1.11 bits per heavy atom. The molecule has 0 fully saturated rings. The van der Waals surface area contributed by atoms with Gasteiger partial charge in [-0.25, -0.2) is 14.6 Å². The maximum atomic E-state index is 12.9. The second kappa shape index (κ2) is 17.0. The Morgan fingerprint density at radius 2 is 1.73 bits per heavy atom. The fourth-order valence-corrected chi connectivity index (χ4v) is 3.14. The molecule has 14 heteroatoms. The highest BCUT2D eigenvalue weighted by molar-refractivity contribution is 9.10. The second-order valence-corrected chi connectivity index (χ2v) is 6.62. The van der Waals surface area contributed by atoms with E-state index in [-0.39, 0.29) is 45.0 Å². The predicted octanol–water partition coefficient (Wildman–Crippen LogP) is 5.58. The summed E-state index contributed by atoms with van der Waals surface area (Å²) in [6.45, 7) is 8.69. The maximum Gasteiger partial charge on any atom is 0.413 e. The standard InChI is InChI=1S/C17H14BrF2N5O6.3C2H6/c1-29-14(27)7-3-4-8(9(5-7)31-15(19)20)6-25-11-10(12(18)24-25)21-16(22-13(11)26)23-17(28)30-2;3*1-2/h3-5,15H,6H2,1-2H3,(H2,21,22,23,26,28);3*1-2H3. The minimum absolute atomic E-state index is 0.00216. The van der Waals surface area contributed by atoms with E-state index in [0.29, 0.717) is 0 Å².